The molecule has 1 aliphatic heterocycles. The highest BCUT2D eigenvalue weighted by Crippen LogP contribution is 2.29. The van der Waals surface area contributed by atoms with Crippen LogP contribution in [0.15, 0.2) is 72.9 Å². The number of fused-ring (bicyclic) bond motifs is 1. The Kier molecular flexibility index (Phi) is 6.79. The summed E-state index contributed by atoms with van der Waals surface area (Å²) in [7, 11) is 1.92. The van der Waals surface area contributed by atoms with E-state index in [4.69, 9.17) is 9.84 Å². The monoisotopic (exact) mass is 484 g/mol. The largest absolute Gasteiger partial charge is 0.388 e. The molecule has 0 bridgehead atoms. The molecule has 0 spiro atoms. The fraction of sp³-hybridized carbons (Fsp3) is 0.250. The number of amides is 2. The average molecular weight is 485 g/mol. The Morgan fingerprint density at radius 2 is 1.75 bits per heavy atom. The van der Waals surface area contributed by atoms with E-state index in [2.05, 4.69) is 23.3 Å². The number of Topliss-reactive ketones (excluding diaryl/α,β-unsaturated/α-hetero) is 1. The predicted molar refractivity (Wildman–Crippen MR) is 138 cm³/mol. The van der Waals surface area contributed by atoms with Gasteiger partial charge in [0.05, 0.1) is 31.5 Å². The summed E-state index contributed by atoms with van der Waals surface area (Å²) >= 11 is 0. The van der Waals surface area contributed by atoms with Gasteiger partial charge in [0.1, 0.15) is 6.61 Å². The van der Waals surface area contributed by atoms with Crippen molar-refractivity contribution in [3.05, 3.63) is 84.1 Å². The van der Waals surface area contributed by atoms with Gasteiger partial charge in [-0.2, -0.15) is 5.10 Å². The number of aryl methyl sites for hydroxylation is 1. The number of anilines is 1. The Bertz CT molecular complexity index is 1390. The van der Waals surface area contributed by atoms with Crippen molar-refractivity contribution in [2.24, 2.45) is 7.05 Å². The van der Waals surface area contributed by atoms with Crippen LogP contribution in [0, 0.1) is 0 Å². The van der Waals surface area contributed by atoms with Gasteiger partial charge in [0.25, 0.3) is 0 Å². The SMILES string of the molecule is Cn1ncc2ccc(-c3cccc(N(Cc4ccc(C(=O)CO)cc4)C(=O)N4CCOCC4)c3)cc21. The molecule has 2 heterocycles. The van der Waals surface area contributed by atoms with Gasteiger partial charge in [0.15, 0.2) is 5.78 Å². The van der Waals surface area contributed by atoms with E-state index in [1.165, 1.54) is 0 Å². The fourth-order valence-corrected chi connectivity index (χ4v) is 4.44. The zero-order valence-corrected chi connectivity index (χ0v) is 20.1. The van der Waals surface area contributed by atoms with Crippen molar-refractivity contribution in [1.29, 1.82) is 0 Å². The summed E-state index contributed by atoms with van der Waals surface area (Å²) in [4.78, 5) is 29.0. The second kappa shape index (κ2) is 10.3. The molecule has 8 heteroatoms. The molecule has 5 rings (SSSR count). The van der Waals surface area contributed by atoms with Crippen molar-refractivity contribution in [2.75, 3.05) is 37.8 Å². The summed E-state index contributed by atoms with van der Waals surface area (Å²) in [6.45, 7) is 1.92. The molecule has 8 nitrogen and oxygen atoms in total. The van der Waals surface area contributed by atoms with E-state index in [9.17, 15) is 9.59 Å². The van der Waals surface area contributed by atoms with Crippen LogP contribution in [-0.2, 0) is 18.3 Å². The van der Waals surface area contributed by atoms with E-state index in [0.717, 1.165) is 33.3 Å². The number of carbonyl (C=O) groups excluding carboxylic acids is 2. The van der Waals surface area contributed by atoms with Crippen LogP contribution in [0.5, 0.6) is 0 Å². The molecular weight excluding hydrogens is 456 g/mol. The molecule has 0 radical (unpaired) electrons. The van der Waals surface area contributed by atoms with Gasteiger partial charge in [-0.05, 0) is 34.9 Å². The summed E-state index contributed by atoms with van der Waals surface area (Å²) in [5.74, 6) is -0.333. The normalized spacial score (nSPS) is 13.7. The minimum Gasteiger partial charge on any atom is -0.388 e. The zero-order chi connectivity index (χ0) is 25.1. The maximum absolute atomic E-state index is 13.7. The topological polar surface area (TPSA) is 87.9 Å². The maximum atomic E-state index is 13.7. The number of benzene rings is 3. The smallest absolute Gasteiger partial charge is 0.324 e. The Morgan fingerprint density at radius 3 is 2.50 bits per heavy atom. The van der Waals surface area contributed by atoms with Gasteiger partial charge in [0, 0.05) is 36.8 Å². The lowest BCUT2D eigenvalue weighted by Gasteiger charge is -2.33. The van der Waals surface area contributed by atoms with Crippen LogP contribution in [0.3, 0.4) is 0 Å². The van der Waals surface area contributed by atoms with Crippen LogP contribution in [-0.4, -0.2) is 64.5 Å². The number of ether oxygens (including phenoxy) is 1. The van der Waals surface area contributed by atoms with Gasteiger partial charge in [0.2, 0.25) is 0 Å². The second-order valence-electron chi connectivity index (χ2n) is 8.84. The third kappa shape index (κ3) is 4.86. The van der Waals surface area contributed by atoms with Gasteiger partial charge in [-0.25, -0.2) is 4.79 Å². The number of urea groups is 1. The number of aliphatic hydroxyl groups is 1. The molecule has 1 fully saturated rings. The molecule has 1 aliphatic rings. The maximum Gasteiger partial charge on any atom is 0.324 e. The number of rotatable bonds is 6. The standard InChI is InChI=1S/C28H28N4O4/c1-30-26-16-23(9-10-24(26)17-29-30)22-3-2-4-25(15-22)32(28(35)31-11-13-36-14-12-31)18-20-5-7-21(8-6-20)27(34)19-33/h2-10,15-17,33H,11-14,18-19H2,1H3. The van der Waals surface area contributed by atoms with Crippen molar-refractivity contribution >= 4 is 28.4 Å². The lowest BCUT2D eigenvalue weighted by molar-refractivity contribution is 0.0548. The number of aromatic nitrogens is 2. The minimum absolute atomic E-state index is 0.0898. The van der Waals surface area contributed by atoms with Gasteiger partial charge in [-0.3, -0.25) is 14.4 Å². The number of nitrogens with zero attached hydrogens (tertiary/aromatic N) is 4. The van der Waals surface area contributed by atoms with Gasteiger partial charge >= 0.3 is 6.03 Å². The molecule has 0 saturated carbocycles. The summed E-state index contributed by atoms with van der Waals surface area (Å²) in [6, 6.07) is 21.1. The molecule has 4 aromatic rings. The van der Waals surface area contributed by atoms with Gasteiger partial charge in [-0.15, -0.1) is 0 Å². The summed E-state index contributed by atoms with van der Waals surface area (Å²) in [5.41, 5.74) is 5.19. The summed E-state index contributed by atoms with van der Waals surface area (Å²) in [6.07, 6.45) is 1.84. The van der Waals surface area contributed by atoms with E-state index < -0.39 is 6.61 Å². The average Bonchev–Trinajstić information content (AvgIpc) is 3.31. The number of hydrogen-bond acceptors (Lipinski definition) is 5. The Labute approximate surface area is 209 Å². The van der Waals surface area contributed by atoms with Crippen LogP contribution in [0.2, 0.25) is 0 Å². The minimum atomic E-state index is -0.529. The Balaban J connectivity index is 1.49. The highest BCUT2D eigenvalue weighted by molar-refractivity contribution is 5.97. The highest BCUT2D eigenvalue weighted by Gasteiger charge is 2.25. The van der Waals surface area contributed by atoms with E-state index >= 15 is 0 Å². The van der Waals surface area contributed by atoms with Crippen LogP contribution in [0.1, 0.15) is 15.9 Å². The molecule has 0 atom stereocenters. The molecule has 0 aliphatic carbocycles. The number of hydrogen-bond donors (Lipinski definition) is 1. The first-order valence-electron chi connectivity index (χ1n) is 11.9. The third-order valence-electron chi connectivity index (χ3n) is 6.51. The molecule has 0 unspecified atom stereocenters. The lowest BCUT2D eigenvalue weighted by Crippen LogP contribution is -2.48. The Morgan fingerprint density at radius 1 is 1.00 bits per heavy atom. The molecule has 184 valence electrons. The molecule has 1 saturated heterocycles. The molecule has 2 amide bonds. The van der Waals surface area contributed by atoms with Gasteiger partial charge < -0.3 is 14.7 Å². The summed E-state index contributed by atoms with van der Waals surface area (Å²) in [5, 5.41) is 14.5. The van der Waals surface area contributed by atoms with Crippen molar-refractivity contribution in [1.82, 2.24) is 14.7 Å². The van der Waals surface area contributed by atoms with Crippen molar-refractivity contribution in [3.8, 4) is 11.1 Å². The van der Waals surface area contributed by atoms with E-state index in [1.807, 2.05) is 59.2 Å². The van der Waals surface area contributed by atoms with E-state index in [1.54, 1.807) is 17.0 Å². The predicted octanol–water partition coefficient (Wildman–Crippen LogP) is 3.87. The molecule has 36 heavy (non-hydrogen) atoms. The number of aliphatic hydroxyl groups excluding tert-OH is 1. The van der Waals surface area contributed by atoms with Gasteiger partial charge in [-0.1, -0.05) is 48.5 Å². The van der Waals surface area contributed by atoms with Crippen LogP contribution >= 0.6 is 0 Å². The number of carbonyl (C=O) groups is 2. The Hall–Kier alpha value is -4.01. The van der Waals surface area contributed by atoms with E-state index in [0.29, 0.717) is 38.4 Å². The number of morpholine rings is 1. The van der Waals surface area contributed by atoms with Crippen molar-refractivity contribution < 1.29 is 19.4 Å². The fourth-order valence-electron chi connectivity index (χ4n) is 4.44. The lowest BCUT2D eigenvalue weighted by atomic mass is 10.0. The first-order valence-corrected chi connectivity index (χ1v) is 11.9. The highest BCUT2D eigenvalue weighted by atomic mass is 16.5. The van der Waals surface area contributed by atoms with E-state index in [-0.39, 0.29) is 11.8 Å². The molecular formula is C28H28N4O4. The first-order chi connectivity index (χ1) is 17.5. The van der Waals surface area contributed by atoms with Crippen LogP contribution in [0.4, 0.5) is 10.5 Å². The molecule has 1 N–H and O–H groups in total. The van der Waals surface area contributed by atoms with Crippen molar-refractivity contribution in [2.45, 2.75) is 6.54 Å². The third-order valence-corrected chi connectivity index (χ3v) is 6.51. The van der Waals surface area contributed by atoms with Crippen molar-refractivity contribution in [3.63, 3.8) is 0 Å². The molecule has 3 aromatic carbocycles. The number of ketones is 1. The van der Waals surface area contributed by atoms with Crippen LogP contribution < -0.4 is 4.90 Å². The molecule has 1 aromatic heterocycles. The quantitative estimate of drug-likeness (QED) is 0.420. The zero-order valence-electron chi connectivity index (χ0n) is 20.1. The first kappa shape index (κ1) is 23.7. The second-order valence-corrected chi connectivity index (χ2v) is 8.84. The van der Waals surface area contributed by atoms with Crippen LogP contribution in [0.25, 0.3) is 22.0 Å². The summed E-state index contributed by atoms with van der Waals surface area (Å²) < 4.78 is 7.29.